The molecule has 0 aromatic carbocycles. The summed E-state index contributed by atoms with van der Waals surface area (Å²) < 4.78 is 0. The van der Waals surface area contributed by atoms with E-state index in [0.717, 1.165) is 19.8 Å². The second kappa shape index (κ2) is 5.35. The maximum atomic E-state index is 11.7. The summed E-state index contributed by atoms with van der Waals surface area (Å²) >= 11 is 0. The largest absolute Gasteiger partial charge is 0.479 e. The normalized spacial score (nSPS) is 23.9. The number of aliphatic hydroxyl groups is 1. The lowest BCUT2D eigenvalue weighted by Gasteiger charge is -2.31. The molecule has 6 heteroatoms. The van der Waals surface area contributed by atoms with Crippen LogP contribution in [0.5, 0.6) is 0 Å². The van der Waals surface area contributed by atoms with Crippen LogP contribution in [0.1, 0.15) is 26.7 Å². The van der Waals surface area contributed by atoms with E-state index in [4.69, 9.17) is 5.11 Å². The Morgan fingerprint density at radius 1 is 1.53 bits per heavy atom. The van der Waals surface area contributed by atoms with Crippen LogP contribution in [0.2, 0.25) is 0 Å². The van der Waals surface area contributed by atoms with Crippen molar-refractivity contribution in [3.63, 3.8) is 0 Å². The van der Waals surface area contributed by atoms with Gasteiger partial charge < -0.3 is 20.4 Å². The number of hydrogen-bond donors (Lipinski definition) is 3. The van der Waals surface area contributed by atoms with Crippen molar-refractivity contribution in [3.05, 3.63) is 0 Å². The third-order valence-corrected chi connectivity index (χ3v) is 2.99. The van der Waals surface area contributed by atoms with Crippen molar-refractivity contribution in [2.75, 3.05) is 19.6 Å². The molecule has 0 radical (unpaired) electrons. The molecule has 1 aliphatic heterocycles. The first-order valence-electron chi connectivity index (χ1n) is 5.81. The summed E-state index contributed by atoms with van der Waals surface area (Å²) in [5.74, 6) is -0.876. The van der Waals surface area contributed by atoms with Gasteiger partial charge in [-0.15, -0.1) is 0 Å². The molecule has 98 valence electrons. The highest BCUT2D eigenvalue weighted by Crippen LogP contribution is 2.15. The average molecular weight is 244 g/mol. The molecule has 1 fully saturated rings. The van der Waals surface area contributed by atoms with Crippen LogP contribution in [0.15, 0.2) is 0 Å². The number of carbonyl (C=O) groups excluding carboxylic acids is 1. The lowest BCUT2D eigenvalue weighted by molar-refractivity contribution is -0.155. The van der Waals surface area contributed by atoms with Gasteiger partial charge in [0.05, 0.1) is 6.54 Å². The second-order valence-electron chi connectivity index (χ2n) is 4.93. The van der Waals surface area contributed by atoms with Crippen LogP contribution in [-0.2, 0) is 4.79 Å². The Morgan fingerprint density at radius 2 is 2.18 bits per heavy atom. The molecule has 1 saturated heterocycles. The molecule has 0 spiro atoms. The van der Waals surface area contributed by atoms with Crippen molar-refractivity contribution >= 4 is 12.0 Å². The van der Waals surface area contributed by atoms with Crippen molar-refractivity contribution in [1.82, 2.24) is 10.2 Å². The number of urea groups is 1. The van der Waals surface area contributed by atoms with E-state index >= 15 is 0 Å². The van der Waals surface area contributed by atoms with Gasteiger partial charge in [0, 0.05) is 13.1 Å². The number of piperidine rings is 1. The lowest BCUT2D eigenvalue weighted by atomic mass is 10.0. The predicted molar refractivity (Wildman–Crippen MR) is 61.6 cm³/mol. The molecule has 1 heterocycles. The van der Waals surface area contributed by atoms with Gasteiger partial charge in [0.15, 0.2) is 5.60 Å². The summed E-state index contributed by atoms with van der Waals surface area (Å²) in [6, 6.07) is -0.307. The third kappa shape index (κ3) is 3.89. The quantitative estimate of drug-likeness (QED) is 0.664. The van der Waals surface area contributed by atoms with Crippen LogP contribution in [0, 0.1) is 5.92 Å². The summed E-state index contributed by atoms with van der Waals surface area (Å²) in [5, 5.41) is 20.6. The van der Waals surface area contributed by atoms with Crippen molar-refractivity contribution < 1.29 is 19.8 Å². The number of aliphatic carboxylic acids is 1. The fraction of sp³-hybridized carbons (Fsp3) is 0.818. The minimum Gasteiger partial charge on any atom is -0.479 e. The average Bonchev–Trinajstić information content (AvgIpc) is 2.25. The second-order valence-corrected chi connectivity index (χ2v) is 4.93. The highest BCUT2D eigenvalue weighted by Gasteiger charge is 2.31. The zero-order valence-corrected chi connectivity index (χ0v) is 10.3. The number of likely N-dealkylation sites (tertiary alicyclic amines) is 1. The molecular weight excluding hydrogens is 224 g/mol. The number of nitrogens with one attached hydrogen (secondary N) is 1. The predicted octanol–water partition coefficient (Wildman–Crippen LogP) is 0.263. The first-order valence-corrected chi connectivity index (χ1v) is 5.81. The number of nitrogens with zero attached hydrogens (tertiary/aromatic N) is 1. The zero-order valence-electron chi connectivity index (χ0n) is 10.3. The fourth-order valence-corrected chi connectivity index (χ4v) is 1.81. The molecule has 0 saturated carbocycles. The Morgan fingerprint density at radius 3 is 2.71 bits per heavy atom. The fourth-order valence-electron chi connectivity index (χ4n) is 1.81. The Bertz CT molecular complexity index is 304. The molecule has 6 nitrogen and oxygen atoms in total. The standard InChI is InChI=1S/C11H20N2O4/c1-8-4-3-5-13(6-8)10(16)12-7-11(2,17)9(14)15/h8,17H,3-7H2,1-2H3,(H,12,16)(H,14,15). The maximum absolute atomic E-state index is 11.7. The van der Waals surface area contributed by atoms with Crippen molar-refractivity contribution in [1.29, 1.82) is 0 Å². The first kappa shape index (κ1) is 13.8. The summed E-state index contributed by atoms with van der Waals surface area (Å²) in [6.45, 7) is 4.32. The highest BCUT2D eigenvalue weighted by molar-refractivity contribution is 5.79. The van der Waals surface area contributed by atoms with E-state index < -0.39 is 11.6 Å². The van der Waals surface area contributed by atoms with Gasteiger partial charge in [0.2, 0.25) is 0 Å². The number of rotatable bonds is 3. The van der Waals surface area contributed by atoms with Crippen molar-refractivity contribution in [2.45, 2.75) is 32.3 Å². The molecule has 2 amide bonds. The summed E-state index contributed by atoms with van der Waals surface area (Å²) in [4.78, 5) is 24.0. The van der Waals surface area contributed by atoms with Gasteiger partial charge in [-0.1, -0.05) is 6.92 Å². The highest BCUT2D eigenvalue weighted by atomic mass is 16.4. The number of amides is 2. The Balaban J connectivity index is 2.41. The molecule has 2 unspecified atom stereocenters. The minimum absolute atomic E-state index is 0.286. The molecule has 0 aliphatic carbocycles. The molecule has 3 N–H and O–H groups in total. The van der Waals surface area contributed by atoms with Crippen LogP contribution in [-0.4, -0.2) is 52.3 Å². The van der Waals surface area contributed by atoms with E-state index in [1.165, 1.54) is 0 Å². The van der Waals surface area contributed by atoms with Gasteiger partial charge in [-0.3, -0.25) is 0 Å². The maximum Gasteiger partial charge on any atom is 0.337 e. The van der Waals surface area contributed by atoms with Crippen LogP contribution in [0.25, 0.3) is 0 Å². The Labute approximate surface area is 101 Å². The molecular formula is C11H20N2O4. The first-order chi connectivity index (χ1) is 7.83. The molecule has 1 rings (SSSR count). The smallest absolute Gasteiger partial charge is 0.337 e. The van der Waals surface area contributed by atoms with Gasteiger partial charge in [-0.25, -0.2) is 9.59 Å². The Kier molecular flexibility index (Phi) is 4.34. The third-order valence-electron chi connectivity index (χ3n) is 2.99. The Hall–Kier alpha value is -1.30. The molecule has 0 bridgehead atoms. The number of carbonyl (C=O) groups is 2. The molecule has 1 aliphatic rings. The molecule has 17 heavy (non-hydrogen) atoms. The van der Waals surface area contributed by atoms with Gasteiger partial charge in [0.1, 0.15) is 0 Å². The van der Waals surface area contributed by atoms with Crippen molar-refractivity contribution in [2.24, 2.45) is 5.92 Å². The molecule has 2 atom stereocenters. The van der Waals surface area contributed by atoms with E-state index in [1.807, 2.05) is 0 Å². The summed E-state index contributed by atoms with van der Waals surface area (Å²) in [5.41, 5.74) is -1.92. The van der Waals surface area contributed by atoms with Crippen LogP contribution in [0.3, 0.4) is 0 Å². The van der Waals surface area contributed by atoms with Gasteiger partial charge in [0.25, 0.3) is 0 Å². The van der Waals surface area contributed by atoms with E-state index in [9.17, 15) is 14.7 Å². The number of hydrogen-bond acceptors (Lipinski definition) is 3. The van der Waals surface area contributed by atoms with Crippen LogP contribution >= 0.6 is 0 Å². The summed E-state index contributed by atoms with van der Waals surface area (Å²) in [6.07, 6.45) is 2.07. The van der Waals surface area contributed by atoms with Crippen molar-refractivity contribution in [3.8, 4) is 0 Å². The SMILES string of the molecule is CC1CCCN(C(=O)NCC(C)(O)C(=O)O)C1. The van der Waals surface area contributed by atoms with Crippen LogP contribution < -0.4 is 5.32 Å². The van der Waals surface area contributed by atoms with Gasteiger partial charge >= 0.3 is 12.0 Å². The van der Waals surface area contributed by atoms with E-state index in [2.05, 4.69) is 12.2 Å². The van der Waals surface area contributed by atoms with Gasteiger partial charge in [-0.05, 0) is 25.7 Å². The lowest BCUT2D eigenvalue weighted by Crippen LogP contribution is -2.51. The van der Waals surface area contributed by atoms with E-state index in [-0.39, 0.29) is 12.6 Å². The molecule has 0 aromatic heterocycles. The van der Waals surface area contributed by atoms with E-state index in [0.29, 0.717) is 19.0 Å². The van der Waals surface area contributed by atoms with Crippen LogP contribution in [0.4, 0.5) is 4.79 Å². The number of carboxylic acids is 1. The minimum atomic E-state index is -1.92. The zero-order chi connectivity index (χ0) is 13.1. The monoisotopic (exact) mass is 244 g/mol. The number of carboxylic acid groups (broad SMARTS) is 1. The van der Waals surface area contributed by atoms with E-state index in [1.54, 1.807) is 4.90 Å². The van der Waals surface area contributed by atoms with Gasteiger partial charge in [-0.2, -0.15) is 0 Å². The summed E-state index contributed by atoms with van der Waals surface area (Å²) in [7, 11) is 0. The topological polar surface area (TPSA) is 89.9 Å². The molecule has 0 aromatic rings.